The van der Waals surface area contributed by atoms with Crippen molar-refractivity contribution < 1.29 is 18.9 Å². The Bertz CT molecular complexity index is 1120. The van der Waals surface area contributed by atoms with Crippen molar-refractivity contribution in [3.8, 4) is 11.1 Å². The van der Waals surface area contributed by atoms with Crippen LogP contribution >= 0.6 is 0 Å². The number of nitrogens with one attached hydrogen (secondary N) is 2. The van der Waals surface area contributed by atoms with Crippen molar-refractivity contribution in [1.82, 2.24) is 15.4 Å². The van der Waals surface area contributed by atoms with Crippen LogP contribution < -0.4 is 10.6 Å². The van der Waals surface area contributed by atoms with Gasteiger partial charge in [-0.05, 0) is 43.0 Å². The summed E-state index contributed by atoms with van der Waals surface area (Å²) in [5, 5.41) is 9.21. The van der Waals surface area contributed by atoms with Gasteiger partial charge in [0.15, 0.2) is 5.82 Å². The van der Waals surface area contributed by atoms with E-state index in [-0.39, 0.29) is 30.2 Å². The van der Waals surface area contributed by atoms with E-state index in [1.807, 2.05) is 42.5 Å². The fraction of sp³-hybridized carbons (Fsp3) is 0.280. The Labute approximate surface area is 191 Å². The number of amides is 3. The summed E-state index contributed by atoms with van der Waals surface area (Å²) in [6.45, 7) is 2.62. The molecule has 2 aromatic carbocycles. The zero-order chi connectivity index (χ0) is 23.2. The summed E-state index contributed by atoms with van der Waals surface area (Å²) in [6, 6.07) is 18.9. The van der Waals surface area contributed by atoms with Crippen molar-refractivity contribution in [1.29, 1.82) is 0 Å². The molecule has 3 amide bonds. The van der Waals surface area contributed by atoms with E-state index in [9.17, 15) is 14.4 Å². The van der Waals surface area contributed by atoms with Crippen molar-refractivity contribution in [3.63, 3.8) is 0 Å². The molecule has 1 fully saturated rings. The Morgan fingerprint density at radius 1 is 1.00 bits per heavy atom. The topological polar surface area (TPSA) is 105 Å². The summed E-state index contributed by atoms with van der Waals surface area (Å²) in [5.74, 6) is 0.261. The fourth-order valence-electron chi connectivity index (χ4n) is 3.86. The Morgan fingerprint density at radius 2 is 1.67 bits per heavy atom. The summed E-state index contributed by atoms with van der Waals surface area (Å²) in [6.07, 6.45) is 1.12. The van der Waals surface area contributed by atoms with Crippen LogP contribution in [0.5, 0.6) is 0 Å². The first-order valence-corrected chi connectivity index (χ1v) is 11.0. The molecule has 2 N–H and O–H groups in total. The van der Waals surface area contributed by atoms with Gasteiger partial charge in [-0.2, -0.15) is 0 Å². The summed E-state index contributed by atoms with van der Waals surface area (Å²) < 4.78 is 4.95. The Hall–Kier alpha value is -3.94. The minimum absolute atomic E-state index is 0.0751. The molecule has 1 aromatic heterocycles. The average Bonchev–Trinajstić information content (AvgIpc) is 3.27. The number of carbonyl (C=O) groups excluding carboxylic acids is 3. The quantitative estimate of drug-likeness (QED) is 0.605. The molecule has 170 valence electrons. The van der Waals surface area contributed by atoms with Crippen LogP contribution in [0.25, 0.3) is 11.1 Å². The van der Waals surface area contributed by atoms with Gasteiger partial charge in [0, 0.05) is 30.6 Å². The van der Waals surface area contributed by atoms with E-state index < -0.39 is 0 Å². The van der Waals surface area contributed by atoms with E-state index in [1.54, 1.807) is 30.0 Å². The smallest absolute Gasteiger partial charge is 0.251 e. The van der Waals surface area contributed by atoms with Crippen molar-refractivity contribution in [2.24, 2.45) is 5.92 Å². The molecule has 0 radical (unpaired) electrons. The number of carbonyl (C=O) groups is 3. The van der Waals surface area contributed by atoms with Crippen molar-refractivity contribution in [2.75, 3.05) is 25.0 Å². The van der Waals surface area contributed by atoms with Crippen LogP contribution in [0, 0.1) is 12.8 Å². The van der Waals surface area contributed by atoms with Crippen molar-refractivity contribution >= 4 is 23.5 Å². The van der Waals surface area contributed by atoms with E-state index in [1.165, 1.54) is 0 Å². The molecule has 1 aliphatic rings. The van der Waals surface area contributed by atoms with E-state index in [2.05, 4.69) is 15.8 Å². The number of anilines is 1. The lowest BCUT2D eigenvalue weighted by molar-refractivity contribution is -0.133. The summed E-state index contributed by atoms with van der Waals surface area (Å²) in [7, 11) is 0. The second-order valence-electron chi connectivity index (χ2n) is 8.09. The third kappa shape index (κ3) is 5.65. The molecule has 2 heterocycles. The number of aromatic nitrogens is 1. The Kier molecular flexibility index (Phi) is 6.83. The summed E-state index contributed by atoms with van der Waals surface area (Å²) in [4.78, 5) is 39.0. The molecule has 1 aliphatic heterocycles. The van der Waals surface area contributed by atoms with Crippen LogP contribution in [0.4, 0.5) is 5.82 Å². The lowest BCUT2D eigenvalue weighted by atomic mass is 9.96. The number of nitrogens with zero attached hydrogens (tertiary/aromatic N) is 2. The van der Waals surface area contributed by atoms with Gasteiger partial charge in [-0.3, -0.25) is 14.4 Å². The van der Waals surface area contributed by atoms with Gasteiger partial charge in [0.2, 0.25) is 11.8 Å². The highest BCUT2D eigenvalue weighted by atomic mass is 16.5. The second kappa shape index (κ2) is 10.1. The third-order valence-electron chi connectivity index (χ3n) is 5.75. The summed E-state index contributed by atoms with van der Waals surface area (Å²) in [5.41, 5.74) is 2.60. The third-order valence-corrected chi connectivity index (χ3v) is 5.75. The lowest BCUT2D eigenvalue weighted by Crippen LogP contribution is -2.45. The fourth-order valence-corrected chi connectivity index (χ4v) is 3.86. The van der Waals surface area contributed by atoms with Crippen LogP contribution in [0.15, 0.2) is 65.2 Å². The highest BCUT2D eigenvalue weighted by molar-refractivity contribution is 5.97. The highest BCUT2D eigenvalue weighted by Gasteiger charge is 2.28. The molecule has 33 heavy (non-hydrogen) atoms. The highest BCUT2D eigenvalue weighted by Crippen LogP contribution is 2.20. The van der Waals surface area contributed by atoms with E-state index in [0.29, 0.717) is 43.1 Å². The van der Waals surface area contributed by atoms with E-state index in [4.69, 9.17) is 4.52 Å². The maximum Gasteiger partial charge on any atom is 0.251 e. The van der Waals surface area contributed by atoms with Crippen LogP contribution in [0.2, 0.25) is 0 Å². The van der Waals surface area contributed by atoms with Gasteiger partial charge >= 0.3 is 0 Å². The SMILES string of the molecule is Cc1cc(NC(=O)C2CCN(C(=O)CNC(=O)c3ccc(-c4ccccc4)cc3)CC2)no1. The maximum absolute atomic E-state index is 12.5. The number of benzene rings is 2. The Balaban J connectivity index is 1.22. The molecule has 1 saturated heterocycles. The van der Waals surface area contributed by atoms with Gasteiger partial charge in [0.1, 0.15) is 5.76 Å². The molecule has 0 spiro atoms. The number of hydrogen-bond acceptors (Lipinski definition) is 5. The van der Waals surface area contributed by atoms with Crippen LogP contribution in [-0.4, -0.2) is 47.4 Å². The molecule has 4 rings (SSSR count). The molecule has 0 unspecified atom stereocenters. The first kappa shape index (κ1) is 22.3. The molecule has 3 aromatic rings. The second-order valence-corrected chi connectivity index (χ2v) is 8.09. The summed E-state index contributed by atoms with van der Waals surface area (Å²) >= 11 is 0. The van der Waals surface area contributed by atoms with Gasteiger partial charge in [-0.15, -0.1) is 0 Å². The maximum atomic E-state index is 12.5. The van der Waals surface area contributed by atoms with Crippen LogP contribution in [-0.2, 0) is 9.59 Å². The monoisotopic (exact) mass is 446 g/mol. The van der Waals surface area contributed by atoms with Crippen LogP contribution in [0.3, 0.4) is 0 Å². The number of piperidine rings is 1. The molecule has 8 nitrogen and oxygen atoms in total. The van der Waals surface area contributed by atoms with Crippen LogP contribution in [0.1, 0.15) is 29.0 Å². The zero-order valence-corrected chi connectivity index (χ0v) is 18.4. The van der Waals surface area contributed by atoms with E-state index >= 15 is 0 Å². The van der Waals surface area contributed by atoms with Crippen molar-refractivity contribution in [3.05, 3.63) is 72.0 Å². The molecule has 0 aliphatic carbocycles. The minimum Gasteiger partial charge on any atom is -0.360 e. The first-order chi connectivity index (χ1) is 16.0. The predicted molar refractivity (Wildman–Crippen MR) is 123 cm³/mol. The molecular formula is C25H26N4O4. The minimum atomic E-state index is -0.292. The van der Waals surface area contributed by atoms with Gasteiger partial charge in [0.25, 0.3) is 5.91 Å². The molecule has 0 saturated carbocycles. The van der Waals surface area contributed by atoms with Gasteiger partial charge in [0.05, 0.1) is 6.54 Å². The Morgan fingerprint density at radius 3 is 2.30 bits per heavy atom. The van der Waals surface area contributed by atoms with Gasteiger partial charge < -0.3 is 20.1 Å². The zero-order valence-electron chi connectivity index (χ0n) is 18.4. The number of aryl methyl sites for hydroxylation is 1. The normalized spacial score (nSPS) is 14.0. The van der Waals surface area contributed by atoms with E-state index in [0.717, 1.165) is 11.1 Å². The largest absolute Gasteiger partial charge is 0.360 e. The lowest BCUT2D eigenvalue weighted by Gasteiger charge is -2.31. The standard InChI is InChI=1S/C25H26N4O4/c1-17-15-22(28-33-17)27-25(32)21-11-13-29(14-12-21)23(30)16-26-24(31)20-9-7-19(8-10-20)18-5-3-2-4-6-18/h2-10,15,21H,11-14,16H2,1H3,(H,26,31)(H,27,28,32). The van der Waals surface area contributed by atoms with Crippen molar-refractivity contribution in [2.45, 2.75) is 19.8 Å². The number of rotatable bonds is 6. The number of hydrogen-bond donors (Lipinski definition) is 2. The average molecular weight is 447 g/mol. The first-order valence-electron chi connectivity index (χ1n) is 11.0. The van der Waals surface area contributed by atoms with Gasteiger partial charge in [-0.1, -0.05) is 47.6 Å². The predicted octanol–water partition coefficient (Wildman–Crippen LogP) is 3.26. The van der Waals surface area contributed by atoms with Gasteiger partial charge in [-0.25, -0.2) is 0 Å². The molecule has 8 heteroatoms. The molecular weight excluding hydrogens is 420 g/mol. The molecule has 0 bridgehead atoms. The number of likely N-dealkylation sites (tertiary alicyclic amines) is 1. The molecule has 0 atom stereocenters.